The topological polar surface area (TPSA) is 87.8 Å². The van der Waals surface area contributed by atoms with Crippen LogP contribution in [0.3, 0.4) is 0 Å². The highest BCUT2D eigenvalue weighted by Gasteiger charge is 2.57. The van der Waals surface area contributed by atoms with E-state index < -0.39 is 5.60 Å². The maximum absolute atomic E-state index is 12.8. The van der Waals surface area contributed by atoms with E-state index in [0.29, 0.717) is 36.3 Å². The summed E-state index contributed by atoms with van der Waals surface area (Å²) in [4.78, 5) is 15.0. The van der Waals surface area contributed by atoms with Crippen molar-refractivity contribution in [3.63, 3.8) is 0 Å². The summed E-state index contributed by atoms with van der Waals surface area (Å²) in [6, 6.07) is 1.75. The minimum Gasteiger partial charge on any atom is -0.390 e. The maximum atomic E-state index is 12.8. The molecule has 2 heterocycles. The SMILES string of the molecule is O=C(NC12C[C@H]3C[C@@H](CC(O)(C3)C1)C2)c1cc(CN2CCOCC2)on1. The molecule has 7 heteroatoms. The van der Waals surface area contributed by atoms with Gasteiger partial charge in [0.25, 0.3) is 5.91 Å². The molecule has 2 atom stereocenters. The molecule has 2 N–H and O–H groups in total. The monoisotopic (exact) mass is 361 g/mol. The Hall–Kier alpha value is -1.44. The number of aliphatic hydroxyl groups is 1. The molecule has 5 fully saturated rings. The zero-order valence-electron chi connectivity index (χ0n) is 15.1. The standard InChI is InChI=1S/C19H27N3O4/c23-17(16-6-15(26-21-16)11-22-1-3-25-4-2-22)20-18-7-13-5-14(8-18)10-19(24,9-13)12-18/h6,13-14,24H,1-5,7-12H2,(H,20,23)/t13-,14-,18?,19?/m1/s1. The van der Waals surface area contributed by atoms with E-state index in [1.807, 2.05) is 0 Å². The molecule has 4 saturated carbocycles. The molecule has 0 aromatic carbocycles. The van der Waals surface area contributed by atoms with Gasteiger partial charge in [0.15, 0.2) is 11.5 Å². The summed E-state index contributed by atoms with van der Waals surface area (Å²) in [5.74, 6) is 1.61. The van der Waals surface area contributed by atoms with Gasteiger partial charge in [-0.1, -0.05) is 5.16 Å². The second kappa shape index (κ2) is 6.04. The zero-order chi connectivity index (χ0) is 17.8. The second-order valence-corrected chi connectivity index (χ2v) is 8.99. The lowest BCUT2D eigenvalue weighted by Gasteiger charge is -2.60. The van der Waals surface area contributed by atoms with E-state index in [2.05, 4.69) is 15.4 Å². The third-order valence-electron chi connectivity index (χ3n) is 6.68. The molecule has 4 aliphatic carbocycles. The first kappa shape index (κ1) is 16.7. The van der Waals surface area contributed by atoms with Crippen LogP contribution in [0.1, 0.15) is 54.8 Å². The molecule has 0 spiro atoms. The summed E-state index contributed by atoms with van der Waals surface area (Å²) in [6.45, 7) is 3.85. The van der Waals surface area contributed by atoms with Crippen LogP contribution < -0.4 is 5.32 Å². The van der Waals surface area contributed by atoms with Crippen LogP contribution in [0, 0.1) is 11.8 Å². The Bertz CT molecular complexity index is 683. The Morgan fingerprint density at radius 1 is 1.27 bits per heavy atom. The summed E-state index contributed by atoms with van der Waals surface area (Å²) in [5.41, 5.74) is -0.502. The largest absolute Gasteiger partial charge is 0.390 e. The fraction of sp³-hybridized carbons (Fsp3) is 0.789. The van der Waals surface area contributed by atoms with Crippen LogP contribution in [0.15, 0.2) is 10.6 Å². The van der Waals surface area contributed by atoms with Crippen molar-refractivity contribution in [3.05, 3.63) is 17.5 Å². The van der Waals surface area contributed by atoms with Crippen molar-refractivity contribution in [1.29, 1.82) is 0 Å². The Morgan fingerprint density at radius 3 is 2.69 bits per heavy atom. The second-order valence-electron chi connectivity index (χ2n) is 8.99. The van der Waals surface area contributed by atoms with E-state index in [1.165, 1.54) is 6.42 Å². The molecule has 1 amide bonds. The van der Waals surface area contributed by atoms with Gasteiger partial charge in [-0.05, 0) is 50.4 Å². The predicted octanol–water partition coefficient (Wildman–Crippen LogP) is 1.32. The van der Waals surface area contributed by atoms with E-state index >= 15 is 0 Å². The van der Waals surface area contributed by atoms with Crippen molar-refractivity contribution in [3.8, 4) is 0 Å². The predicted molar refractivity (Wildman–Crippen MR) is 92.4 cm³/mol. The van der Waals surface area contributed by atoms with Crippen molar-refractivity contribution in [2.75, 3.05) is 26.3 Å². The number of nitrogens with zero attached hydrogens (tertiary/aromatic N) is 2. The number of carbonyl (C=O) groups is 1. The molecule has 142 valence electrons. The third-order valence-corrected chi connectivity index (χ3v) is 6.68. The van der Waals surface area contributed by atoms with Crippen LogP contribution in [0.4, 0.5) is 0 Å². The van der Waals surface area contributed by atoms with Gasteiger partial charge in [0.05, 0.1) is 25.4 Å². The lowest BCUT2D eigenvalue weighted by Crippen LogP contribution is -2.65. The molecule has 26 heavy (non-hydrogen) atoms. The summed E-state index contributed by atoms with van der Waals surface area (Å²) < 4.78 is 10.7. The lowest BCUT2D eigenvalue weighted by molar-refractivity contribution is -0.139. The summed E-state index contributed by atoms with van der Waals surface area (Å²) in [7, 11) is 0. The molecule has 0 radical (unpaired) electrons. The van der Waals surface area contributed by atoms with E-state index in [1.54, 1.807) is 6.07 Å². The summed E-state index contributed by atoms with van der Waals surface area (Å²) in [6.07, 6.45) is 5.64. The molecule has 4 bridgehead atoms. The zero-order valence-corrected chi connectivity index (χ0v) is 15.1. The van der Waals surface area contributed by atoms with E-state index in [4.69, 9.17) is 9.26 Å². The van der Waals surface area contributed by atoms with Gasteiger partial charge in [0, 0.05) is 24.7 Å². The highest BCUT2D eigenvalue weighted by Crippen LogP contribution is 2.57. The molecule has 1 saturated heterocycles. The fourth-order valence-corrected chi connectivity index (χ4v) is 6.14. The first-order chi connectivity index (χ1) is 12.5. The Morgan fingerprint density at radius 2 is 2.00 bits per heavy atom. The van der Waals surface area contributed by atoms with Crippen molar-refractivity contribution >= 4 is 5.91 Å². The minimum absolute atomic E-state index is 0.174. The average molecular weight is 361 g/mol. The fourth-order valence-electron chi connectivity index (χ4n) is 6.14. The smallest absolute Gasteiger partial charge is 0.273 e. The highest BCUT2D eigenvalue weighted by atomic mass is 16.5. The molecular weight excluding hydrogens is 334 g/mol. The first-order valence-corrected chi connectivity index (χ1v) is 9.82. The summed E-state index contributed by atoms with van der Waals surface area (Å²) >= 11 is 0. The molecular formula is C19H27N3O4. The Balaban J connectivity index is 1.26. The van der Waals surface area contributed by atoms with Gasteiger partial charge in [-0.15, -0.1) is 0 Å². The average Bonchev–Trinajstić information content (AvgIpc) is 3.01. The number of hydrogen-bond donors (Lipinski definition) is 2. The van der Waals surface area contributed by atoms with Gasteiger partial charge in [0.2, 0.25) is 0 Å². The number of morpholine rings is 1. The van der Waals surface area contributed by atoms with Crippen LogP contribution in [0.25, 0.3) is 0 Å². The maximum Gasteiger partial charge on any atom is 0.273 e. The normalized spacial score (nSPS) is 39.3. The van der Waals surface area contributed by atoms with Crippen molar-refractivity contribution in [1.82, 2.24) is 15.4 Å². The third kappa shape index (κ3) is 3.06. The van der Waals surface area contributed by atoms with Gasteiger partial charge < -0.3 is 19.7 Å². The van der Waals surface area contributed by atoms with Crippen LogP contribution in [-0.2, 0) is 11.3 Å². The highest BCUT2D eigenvalue weighted by molar-refractivity contribution is 5.92. The van der Waals surface area contributed by atoms with Crippen LogP contribution in [0.2, 0.25) is 0 Å². The van der Waals surface area contributed by atoms with Crippen LogP contribution >= 0.6 is 0 Å². The molecule has 1 aromatic rings. The van der Waals surface area contributed by atoms with Gasteiger partial charge in [-0.3, -0.25) is 9.69 Å². The Labute approximate surface area is 153 Å². The lowest BCUT2D eigenvalue weighted by atomic mass is 9.51. The number of nitrogens with one attached hydrogen (secondary N) is 1. The quantitative estimate of drug-likeness (QED) is 0.841. The van der Waals surface area contributed by atoms with Gasteiger partial charge >= 0.3 is 0 Å². The van der Waals surface area contributed by atoms with Gasteiger partial charge in [-0.25, -0.2) is 0 Å². The van der Waals surface area contributed by atoms with Crippen molar-refractivity contribution in [2.24, 2.45) is 11.8 Å². The number of carbonyl (C=O) groups excluding carboxylic acids is 1. The Kier molecular flexibility index (Phi) is 3.88. The number of ether oxygens (including phenoxy) is 1. The molecule has 5 aliphatic rings. The van der Waals surface area contributed by atoms with Crippen molar-refractivity contribution in [2.45, 2.75) is 56.2 Å². The number of amides is 1. The van der Waals surface area contributed by atoms with Gasteiger partial charge in [0.1, 0.15) is 0 Å². The minimum atomic E-state index is -0.581. The first-order valence-electron chi connectivity index (χ1n) is 9.82. The van der Waals surface area contributed by atoms with E-state index in [-0.39, 0.29) is 11.4 Å². The van der Waals surface area contributed by atoms with Crippen LogP contribution in [-0.4, -0.2) is 58.5 Å². The van der Waals surface area contributed by atoms with Gasteiger partial charge in [-0.2, -0.15) is 0 Å². The summed E-state index contributed by atoms with van der Waals surface area (Å²) in [5, 5.41) is 18.1. The molecule has 1 aliphatic heterocycles. The van der Waals surface area contributed by atoms with Crippen LogP contribution in [0.5, 0.6) is 0 Å². The number of rotatable bonds is 4. The van der Waals surface area contributed by atoms with Crippen molar-refractivity contribution < 1.29 is 19.2 Å². The molecule has 6 rings (SSSR count). The number of hydrogen-bond acceptors (Lipinski definition) is 6. The van der Waals surface area contributed by atoms with E-state index in [0.717, 1.165) is 52.0 Å². The molecule has 7 nitrogen and oxygen atoms in total. The number of aromatic nitrogens is 1. The molecule has 1 aromatic heterocycles. The van der Waals surface area contributed by atoms with E-state index in [9.17, 15) is 9.90 Å². The molecule has 0 unspecified atom stereocenters.